The number of benzene rings is 1. The molecule has 1 aromatic carbocycles. The van der Waals surface area contributed by atoms with E-state index < -0.39 is 19.4 Å². The molecule has 2 aliphatic heterocycles. The first-order valence-electron chi connectivity index (χ1n) is 15.3. The monoisotopic (exact) mass is 612 g/mol. The van der Waals surface area contributed by atoms with E-state index in [1.807, 2.05) is 6.92 Å². The highest BCUT2D eigenvalue weighted by Gasteiger charge is 2.39. The quantitative estimate of drug-likeness (QED) is 0.1000. The Morgan fingerprint density at radius 1 is 1.02 bits per heavy atom. The van der Waals surface area contributed by atoms with Crippen LogP contribution < -0.4 is 10.1 Å². The molecule has 3 aromatic rings. The molecule has 0 spiro atoms. The summed E-state index contributed by atoms with van der Waals surface area (Å²) in [7, 11) is -3.85. The van der Waals surface area contributed by atoms with Crippen molar-refractivity contribution in [3.05, 3.63) is 56.9 Å². The maximum Gasteiger partial charge on any atom is 0.530 e. The predicted octanol–water partition coefficient (Wildman–Crippen LogP) is 6.68. The summed E-state index contributed by atoms with van der Waals surface area (Å²) >= 11 is 0. The van der Waals surface area contributed by atoms with Gasteiger partial charge in [-0.15, -0.1) is 0 Å². The van der Waals surface area contributed by atoms with Crippen molar-refractivity contribution >= 4 is 24.7 Å². The molecule has 5 rings (SSSR count). The first kappa shape index (κ1) is 31.4. The molecule has 10 nitrogen and oxygen atoms in total. The van der Waals surface area contributed by atoms with Gasteiger partial charge in [-0.05, 0) is 61.6 Å². The molecule has 4 heterocycles. The summed E-state index contributed by atoms with van der Waals surface area (Å²) < 4.78 is 37.7. The number of carbonyl (C=O) groups excluding carboxylic acids is 1. The number of aromatic nitrogens is 2. The fourth-order valence-electron chi connectivity index (χ4n) is 5.79. The van der Waals surface area contributed by atoms with Crippen LogP contribution in [0.5, 0.6) is 5.75 Å². The Morgan fingerprint density at radius 3 is 2.37 bits per heavy atom. The molecule has 2 aromatic heterocycles. The topological polar surface area (TPSA) is 126 Å². The second-order valence-corrected chi connectivity index (χ2v) is 13.0. The van der Waals surface area contributed by atoms with Gasteiger partial charge < -0.3 is 18.9 Å². The molecule has 0 bridgehead atoms. The molecule has 0 aliphatic carbocycles. The fraction of sp³-hybridized carbons (Fsp3) is 0.531. The van der Waals surface area contributed by atoms with Gasteiger partial charge in [0.1, 0.15) is 18.0 Å². The summed E-state index contributed by atoms with van der Waals surface area (Å²) in [6.07, 6.45) is 5.50. The number of phosphoric ester groups is 1. The Bertz CT molecular complexity index is 1620. The third-order valence-electron chi connectivity index (χ3n) is 8.41. The van der Waals surface area contributed by atoms with Crippen molar-refractivity contribution in [2.45, 2.75) is 97.8 Å². The molecular formula is C32H41N2O8P. The lowest BCUT2D eigenvalue weighted by Crippen LogP contribution is -2.32. The first-order chi connectivity index (χ1) is 20.6. The summed E-state index contributed by atoms with van der Waals surface area (Å²) in [6.45, 7) is 8.59. The fourth-order valence-corrected chi connectivity index (χ4v) is 7.04. The zero-order valence-corrected chi connectivity index (χ0v) is 26.3. The number of phosphoric acid groups is 1. The van der Waals surface area contributed by atoms with E-state index in [9.17, 15) is 19.3 Å². The SMILES string of the molecule is CCCCCOP(=O)(OCCCCC)Oc1ccc2nc3c(c(C)c2c1)Cn1c-3cc2c(c1=O)COC(=O)C[C@]2(O)CC. The molecule has 1 atom stereocenters. The van der Waals surface area contributed by atoms with E-state index in [4.69, 9.17) is 23.3 Å². The Morgan fingerprint density at radius 2 is 1.72 bits per heavy atom. The van der Waals surface area contributed by atoms with Crippen molar-refractivity contribution in [1.82, 2.24) is 9.55 Å². The predicted molar refractivity (Wildman–Crippen MR) is 163 cm³/mol. The average Bonchev–Trinajstić information content (AvgIpc) is 3.30. The normalized spacial score (nSPS) is 17.7. The Balaban J connectivity index is 1.49. The number of cyclic esters (lactones) is 1. The molecule has 0 fully saturated rings. The van der Waals surface area contributed by atoms with Crippen LogP contribution >= 0.6 is 7.82 Å². The summed E-state index contributed by atoms with van der Waals surface area (Å²) in [6, 6.07) is 7.05. The van der Waals surface area contributed by atoms with Gasteiger partial charge in [0.25, 0.3) is 5.56 Å². The van der Waals surface area contributed by atoms with E-state index in [2.05, 4.69) is 13.8 Å². The minimum atomic E-state index is -3.85. The van der Waals surface area contributed by atoms with Crippen molar-refractivity contribution in [2.24, 2.45) is 0 Å². The van der Waals surface area contributed by atoms with Crippen LogP contribution in [0.3, 0.4) is 0 Å². The summed E-state index contributed by atoms with van der Waals surface area (Å²) in [4.78, 5) is 30.8. The van der Waals surface area contributed by atoms with Gasteiger partial charge in [-0.25, -0.2) is 9.55 Å². The number of esters is 1. The smallest absolute Gasteiger partial charge is 0.460 e. The number of nitrogens with zero attached hydrogens (tertiary/aromatic N) is 2. The van der Waals surface area contributed by atoms with Gasteiger partial charge in [0, 0.05) is 10.9 Å². The van der Waals surface area contributed by atoms with E-state index in [1.54, 1.807) is 35.8 Å². The molecule has 0 radical (unpaired) electrons. The number of hydrogen-bond acceptors (Lipinski definition) is 9. The van der Waals surface area contributed by atoms with Crippen LogP contribution in [0.1, 0.15) is 94.4 Å². The maximum absolute atomic E-state index is 13.7. The molecule has 43 heavy (non-hydrogen) atoms. The van der Waals surface area contributed by atoms with Gasteiger partial charge in [-0.3, -0.25) is 18.6 Å². The molecular weight excluding hydrogens is 571 g/mol. The largest absolute Gasteiger partial charge is 0.530 e. The van der Waals surface area contributed by atoms with Crippen molar-refractivity contribution in [1.29, 1.82) is 0 Å². The number of unbranched alkanes of at least 4 members (excludes halogenated alkanes) is 4. The highest BCUT2D eigenvalue weighted by Crippen LogP contribution is 2.50. The van der Waals surface area contributed by atoms with Gasteiger partial charge in [0.05, 0.1) is 48.6 Å². The number of fused-ring (bicyclic) bond motifs is 5. The lowest BCUT2D eigenvalue weighted by molar-refractivity contribution is -0.149. The van der Waals surface area contributed by atoms with Crippen LogP contribution in [0.25, 0.3) is 22.3 Å². The van der Waals surface area contributed by atoms with Crippen LogP contribution in [0.15, 0.2) is 29.1 Å². The third kappa shape index (κ3) is 6.29. The molecule has 2 aliphatic rings. The second-order valence-electron chi connectivity index (χ2n) is 11.4. The molecule has 0 saturated heterocycles. The van der Waals surface area contributed by atoms with E-state index in [1.165, 1.54) is 0 Å². The van der Waals surface area contributed by atoms with Gasteiger partial charge in [0.2, 0.25) is 0 Å². The Hall–Kier alpha value is -3.04. The lowest BCUT2D eigenvalue weighted by atomic mass is 9.85. The van der Waals surface area contributed by atoms with Crippen LogP contribution in [0.4, 0.5) is 0 Å². The van der Waals surface area contributed by atoms with Crippen LogP contribution in [0, 0.1) is 6.92 Å². The Labute approximate surface area is 251 Å². The zero-order chi connectivity index (χ0) is 30.8. The van der Waals surface area contributed by atoms with E-state index in [-0.39, 0.29) is 44.8 Å². The number of pyridine rings is 2. The highest BCUT2D eigenvalue weighted by molar-refractivity contribution is 7.48. The number of aliphatic hydroxyl groups is 1. The molecule has 0 saturated carbocycles. The minimum absolute atomic E-state index is 0.178. The van der Waals surface area contributed by atoms with Crippen molar-refractivity contribution in [3.8, 4) is 17.1 Å². The highest BCUT2D eigenvalue weighted by atomic mass is 31.2. The second kappa shape index (κ2) is 12.9. The van der Waals surface area contributed by atoms with Crippen LogP contribution in [-0.4, -0.2) is 33.8 Å². The van der Waals surface area contributed by atoms with E-state index >= 15 is 0 Å². The van der Waals surface area contributed by atoms with Crippen LogP contribution in [0.2, 0.25) is 0 Å². The zero-order valence-electron chi connectivity index (χ0n) is 25.4. The van der Waals surface area contributed by atoms with E-state index in [0.29, 0.717) is 33.8 Å². The standard InChI is InChI=1S/C32H41N2O8P/c1-5-8-10-14-40-43(38,41-15-11-9-6-2)42-22-12-13-27-23(16-22)21(4)24-19-34-28(30(24)33-27)17-26-25(31(34)36)20-39-29(35)18-32(26,37)7-3/h12-13,16-17,37H,5-11,14-15,18-20H2,1-4H3/t32-/m1/s1. The molecule has 0 amide bonds. The maximum atomic E-state index is 13.7. The number of ether oxygens (including phenoxy) is 1. The molecule has 1 N–H and O–H groups in total. The Kier molecular flexibility index (Phi) is 9.42. The first-order valence-corrected chi connectivity index (χ1v) is 16.8. The molecule has 0 unspecified atom stereocenters. The summed E-state index contributed by atoms with van der Waals surface area (Å²) in [5.41, 5.74) is 2.60. The molecule has 11 heteroatoms. The molecule has 232 valence electrons. The van der Waals surface area contributed by atoms with Crippen molar-refractivity contribution in [3.63, 3.8) is 0 Å². The minimum Gasteiger partial charge on any atom is -0.460 e. The number of carbonyl (C=O) groups is 1. The number of hydrogen-bond donors (Lipinski definition) is 1. The van der Waals surface area contributed by atoms with Crippen LogP contribution in [-0.2, 0) is 41.9 Å². The summed E-state index contributed by atoms with van der Waals surface area (Å²) in [5, 5.41) is 12.2. The average molecular weight is 613 g/mol. The van der Waals surface area contributed by atoms with Gasteiger partial charge in [0.15, 0.2) is 0 Å². The summed E-state index contributed by atoms with van der Waals surface area (Å²) in [5.74, 6) is -0.188. The number of rotatable bonds is 13. The number of aryl methyl sites for hydroxylation is 1. The van der Waals surface area contributed by atoms with E-state index in [0.717, 1.165) is 55.0 Å². The van der Waals surface area contributed by atoms with Crippen molar-refractivity contribution < 1.29 is 32.8 Å². The van der Waals surface area contributed by atoms with Crippen molar-refractivity contribution in [2.75, 3.05) is 13.2 Å². The third-order valence-corrected chi connectivity index (χ3v) is 9.85. The van der Waals surface area contributed by atoms with Gasteiger partial charge in [-0.2, -0.15) is 0 Å². The lowest BCUT2D eigenvalue weighted by Gasteiger charge is -2.26. The van der Waals surface area contributed by atoms with Gasteiger partial charge >= 0.3 is 13.8 Å². The van der Waals surface area contributed by atoms with Gasteiger partial charge in [-0.1, -0.05) is 46.5 Å².